The molecule has 0 fully saturated rings. The molecule has 4 nitrogen and oxygen atoms in total. The van der Waals surface area contributed by atoms with Crippen molar-refractivity contribution in [1.29, 1.82) is 0 Å². The first kappa shape index (κ1) is 20.3. The molecule has 2 N–H and O–H groups in total. The van der Waals surface area contributed by atoms with Crippen LogP contribution in [0.3, 0.4) is 0 Å². The van der Waals surface area contributed by atoms with Gasteiger partial charge in [-0.2, -0.15) is 13.2 Å². The van der Waals surface area contributed by atoms with Crippen molar-refractivity contribution in [2.75, 3.05) is 0 Å². The molecule has 0 bridgehead atoms. The van der Waals surface area contributed by atoms with Gasteiger partial charge in [0, 0.05) is 15.9 Å². The normalized spacial score (nSPS) is 12.5. The van der Waals surface area contributed by atoms with E-state index in [0.717, 1.165) is 18.2 Å². The second-order valence-electron chi connectivity index (χ2n) is 5.35. The summed E-state index contributed by atoms with van der Waals surface area (Å²) in [5.74, 6) is -2.50. The van der Waals surface area contributed by atoms with Gasteiger partial charge in [0.25, 0.3) is 5.91 Å². The van der Waals surface area contributed by atoms with E-state index in [9.17, 15) is 27.9 Å². The lowest BCUT2D eigenvalue weighted by Crippen LogP contribution is -2.43. The molecule has 2 rings (SSSR count). The first-order valence-electron chi connectivity index (χ1n) is 7.23. The Morgan fingerprint density at radius 3 is 2.46 bits per heavy atom. The second kappa shape index (κ2) is 8.09. The molecule has 26 heavy (non-hydrogen) atoms. The van der Waals surface area contributed by atoms with Crippen LogP contribution in [-0.2, 0) is 17.4 Å². The van der Waals surface area contributed by atoms with Crippen molar-refractivity contribution < 1.29 is 27.9 Å². The molecular weight excluding hydrogens is 439 g/mol. The summed E-state index contributed by atoms with van der Waals surface area (Å²) >= 11 is 9.12. The van der Waals surface area contributed by atoms with E-state index < -0.39 is 35.2 Å². The van der Waals surface area contributed by atoms with E-state index in [1.807, 2.05) is 0 Å². The molecule has 0 radical (unpaired) electrons. The van der Waals surface area contributed by atoms with E-state index >= 15 is 0 Å². The number of nitrogens with one attached hydrogen (secondary N) is 1. The van der Waals surface area contributed by atoms with Gasteiger partial charge in [-0.25, -0.2) is 4.79 Å². The molecule has 2 aromatic carbocycles. The number of benzene rings is 2. The molecule has 0 unspecified atom stereocenters. The number of carbonyl (C=O) groups is 2. The van der Waals surface area contributed by atoms with E-state index in [1.54, 1.807) is 12.1 Å². The summed E-state index contributed by atoms with van der Waals surface area (Å²) < 4.78 is 39.7. The topological polar surface area (TPSA) is 66.4 Å². The van der Waals surface area contributed by atoms with Crippen molar-refractivity contribution in [1.82, 2.24) is 5.32 Å². The zero-order valence-corrected chi connectivity index (χ0v) is 15.3. The lowest BCUT2D eigenvalue weighted by atomic mass is 10.0. The Morgan fingerprint density at radius 1 is 1.19 bits per heavy atom. The summed E-state index contributed by atoms with van der Waals surface area (Å²) in [4.78, 5) is 23.7. The van der Waals surface area contributed by atoms with Gasteiger partial charge in [-0.1, -0.05) is 39.7 Å². The van der Waals surface area contributed by atoms with Crippen LogP contribution >= 0.6 is 27.5 Å². The average molecular weight is 451 g/mol. The van der Waals surface area contributed by atoms with Crippen LogP contribution < -0.4 is 5.32 Å². The van der Waals surface area contributed by atoms with Crippen molar-refractivity contribution in [3.8, 4) is 0 Å². The first-order valence-corrected chi connectivity index (χ1v) is 8.40. The van der Waals surface area contributed by atoms with Gasteiger partial charge in [0.1, 0.15) is 6.04 Å². The molecule has 2 aromatic rings. The van der Waals surface area contributed by atoms with Crippen LogP contribution in [0.25, 0.3) is 0 Å². The third kappa shape index (κ3) is 4.98. The SMILES string of the molecule is O=C(N[C@H](Cc1cc(Cl)ccc1Br)C(=O)O)c1ccccc1C(F)(F)F. The molecule has 0 spiro atoms. The lowest BCUT2D eigenvalue weighted by Gasteiger charge is -2.18. The molecular formula is C17H12BrClF3NO3. The molecule has 0 aliphatic heterocycles. The number of aliphatic carboxylic acids is 1. The molecule has 0 saturated heterocycles. The first-order chi connectivity index (χ1) is 12.1. The summed E-state index contributed by atoms with van der Waals surface area (Å²) in [6.07, 6.45) is -4.89. The van der Waals surface area contributed by atoms with Crippen LogP contribution in [0, 0.1) is 0 Å². The molecule has 0 aromatic heterocycles. The van der Waals surface area contributed by atoms with Gasteiger partial charge in [0.05, 0.1) is 11.1 Å². The van der Waals surface area contributed by atoms with Crippen LogP contribution in [-0.4, -0.2) is 23.0 Å². The van der Waals surface area contributed by atoms with Gasteiger partial charge < -0.3 is 10.4 Å². The zero-order valence-electron chi connectivity index (χ0n) is 13.0. The Kier molecular flexibility index (Phi) is 6.30. The fourth-order valence-electron chi connectivity index (χ4n) is 2.28. The molecule has 0 aliphatic rings. The molecule has 1 amide bonds. The van der Waals surface area contributed by atoms with Crippen LogP contribution in [0.4, 0.5) is 13.2 Å². The molecule has 0 heterocycles. The van der Waals surface area contributed by atoms with E-state index in [2.05, 4.69) is 21.2 Å². The van der Waals surface area contributed by atoms with Crippen LogP contribution in [0.1, 0.15) is 21.5 Å². The highest BCUT2D eigenvalue weighted by Gasteiger charge is 2.35. The van der Waals surface area contributed by atoms with E-state index in [1.165, 1.54) is 12.1 Å². The summed E-state index contributed by atoms with van der Waals surface area (Å²) in [5.41, 5.74) is -1.28. The lowest BCUT2D eigenvalue weighted by molar-refractivity contribution is -0.139. The van der Waals surface area contributed by atoms with Gasteiger partial charge in [-0.05, 0) is 35.9 Å². The fourth-order valence-corrected chi connectivity index (χ4v) is 2.89. The van der Waals surface area contributed by atoms with E-state index in [-0.39, 0.29) is 6.42 Å². The van der Waals surface area contributed by atoms with E-state index in [4.69, 9.17) is 11.6 Å². The van der Waals surface area contributed by atoms with Crippen LogP contribution in [0.2, 0.25) is 5.02 Å². The minimum Gasteiger partial charge on any atom is -0.480 e. The highest BCUT2D eigenvalue weighted by atomic mass is 79.9. The summed E-state index contributed by atoms with van der Waals surface area (Å²) in [6, 6.07) is 7.45. The number of hydrogen-bond acceptors (Lipinski definition) is 2. The van der Waals surface area contributed by atoms with Crippen LogP contribution in [0.15, 0.2) is 46.9 Å². The van der Waals surface area contributed by atoms with Gasteiger partial charge in [-0.15, -0.1) is 0 Å². The minimum atomic E-state index is -4.73. The Bertz CT molecular complexity index is 842. The number of carboxylic acid groups (broad SMARTS) is 1. The Labute approximate surface area is 160 Å². The largest absolute Gasteiger partial charge is 0.480 e. The monoisotopic (exact) mass is 449 g/mol. The van der Waals surface area contributed by atoms with Crippen molar-refractivity contribution in [3.63, 3.8) is 0 Å². The predicted octanol–water partition coefficient (Wildman–Crippen LogP) is 4.55. The van der Waals surface area contributed by atoms with Crippen molar-refractivity contribution >= 4 is 39.4 Å². The van der Waals surface area contributed by atoms with Gasteiger partial charge in [0.15, 0.2) is 0 Å². The quantitative estimate of drug-likeness (QED) is 0.702. The van der Waals surface area contributed by atoms with Crippen LogP contribution in [0.5, 0.6) is 0 Å². The number of alkyl halides is 3. The Morgan fingerprint density at radius 2 is 1.85 bits per heavy atom. The molecule has 0 saturated carbocycles. The van der Waals surface area contributed by atoms with Gasteiger partial charge in [-0.3, -0.25) is 4.79 Å². The summed E-state index contributed by atoms with van der Waals surface area (Å²) in [5, 5.41) is 11.8. The molecule has 0 aliphatic carbocycles. The standard InChI is InChI=1S/C17H12BrClF3NO3/c18-13-6-5-10(19)7-9(13)8-14(16(25)26)23-15(24)11-3-1-2-4-12(11)17(20,21)22/h1-7,14H,8H2,(H,23,24)(H,25,26)/t14-/m1/s1. The van der Waals surface area contributed by atoms with Gasteiger partial charge >= 0.3 is 12.1 Å². The van der Waals surface area contributed by atoms with E-state index in [0.29, 0.717) is 15.1 Å². The second-order valence-corrected chi connectivity index (χ2v) is 6.64. The maximum absolute atomic E-state index is 13.0. The summed E-state index contributed by atoms with van der Waals surface area (Å²) in [7, 11) is 0. The van der Waals surface area contributed by atoms with Crippen molar-refractivity contribution in [2.45, 2.75) is 18.6 Å². The highest BCUT2D eigenvalue weighted by Crippen LogP contribution is 2.32. The molecule has 1 atom stereocenters. The van der Waals surface area contributed by atoms with Crippen molar-refractivity contribution in [3.05, 3.63) is 68.7 Å². The minimum absolute atomic E-state index is 0.156. The fraction of sp³-hybridized carbons (Fsp3) is 0.176. The third-order valence-corrected chi connectivity index (χ3v) is 4.52. The zero-order chi connectivity index (χ0) is 19.5. The highest BCUT2D eigenvalue weighted by molar-refractivity contribution is 9.10. The third-order valence-electron chi connectivity index (χ3n) is 3.51. The predicted molar refractivity (Wildman–Crippen MR) is 93.2 cm³/mol. The number of halogens is 5. The number of carboxylic acids is 1. The molecule has 138 valence electrons. The Hall–Kier alpha value is -2.06. The maximum atomic E-state index is 13.0. The molecule has 9 heteroatoms. The Balaban J connectivity index is 2.27. The average Bonchev–Trinajstić information content (AvgIpc) is 2.56. The van der Waals surface area contributed by atoms with Gasteiger partial charge in [0.2, 0.25) is 0 Å². The smallest absolute Gasteiger partial charge is 0.417 e. The summed E-state index contributed by atoms with van der Waals surface area (Å²) in [6.45, 7) is 0. The maximum Gasteiger partial charge on any atom is 0.417 e. The number of rotatable bonds is 5. The number of amides is 1. The van der Waals surface area contributed by atoms with Crippen molar-refractivity contribution in [2.24, 2.45) is 0 Å². The number of hydrogen-bond donors (Lipinski definition) is 2. The number of carbonyl (C=O) groups excluding carboxylic acids is 1.